The molecule has 1 saturated carbocycles. The molecule has 98 valence electrons. The van der Waals surface area contributed by atoms with Crippen LogP contribution in [0.3, 0.4) is 0 Å². The molecule has 0 radical (unpaired) electrons. The molecule has 3 heteroatoms. The summed E-state index contributed by atoms with van der Waals surface area (Å²) in [5, 5.41) is 9.50. The fourth-order valence-electron chi connectivity index (χ4n) is 3.15. The Balaban J connectivity index is 2.15. The van der Waals surface area contributed by atoms with Crippen LogP contribution in [0.4, 0.5) is 0 Å². The lowest BCUT2D eigenvalue weighted by Crippen LogP contribution is -2.27. The van der Waals surface area contributed by atoms with Gasteiger partial charge in [0.1, 0.15) is 0 Å². The van der Waals surface area contributed by atoms with Crippen LogP contribution in [0.5, 0.6) is 0 Å². The molecule has 0 saturated heterocycles. The first-order chi connectivity index (χ1) is 8.57. The molecule has 1 aromatic rings. The smallest absolute Gasteiger partial charge is 0.309 e. The van der Waals surface area contributed by atoms with Gasteiger partial charge in [-0.3, -0.25) is 4.79 Å². The second-order valence-corrected chi connectivity index (χ2v) is 6.24. The Morgan fingerprint density at radius 1 is 1.44 bits per heavy atom. The summed E-state index contributed by atoms with van der Waals surface area (Å²) < 4.78 is 1.07. The lowest BCUT2D eigenvalue weighted by Gasteiger charge is -2.23. The van der Waals surface area contributed by atoms with Crippen molar-refractivity contribution in [3.63, 3.8) is 0 Å². The topological polar surface area (TPSA) is 37.3 Å². The summed E-state index contributed by atoms with van der Waals surface area (Å²) >= 11 is 3.43. The normalized spacial score (nSPS) is 27.3. The zero-order valence-corrected chi connectivity index (χ0v) is 12.2. The first-order valence-corrected chi connectivity index (χ1v) is 7.35. The highest BCUT2D eigenvalue weighted by Gasteiger charge is 2.44. The van der Waals surface area contributed by atoms with E-state index in [9.17, 15) is 9.90 Å². The molecule has 1 aromatic carbocycles. The molecule has 0 aromatic heterocycles. The van der Waals surface area contributed by atoms with Gasteiger partial charge in [-0.15, -0.1) is 0 Å². The Hall–Kier alpha value is -0.830. The van der Waals surface area contributed by atoms with Gasteiger partial charge in [0.2, 0.25) is 0 Å². The van der Waals surface area contributed by atoms with E-state index in [-0.39, 0.29) is 0 Å². The van der Waals surface area contributed by atoms with Gasteiger partial charge in [0, 0.05) is 4.47 Å². The molecule has 1 N–H and O–H groups in total. The Bertz CT molecular complexity index is 427. The van der Waals surface area contributed by atoms with Gasteiger partial charge in [0.25, 0.3) is 0 Å². The van der Waals surface area contributed by atoms with E-state index in [0.717, 1.165) is 36.6 Å². The van der Waals surface area contributed by atoms with Gasteiger partial charge in [-0.05, 0) is 49.3 Å². The predicted octanol–water partition coefficient (Wildman–Crippen LogP) is 4.59. The molecule has 1 fully saturated rings. The maximum absolute atomic E-state index is 11.5. The highest BCUT2D eigenvalue weighted by molar-refractivity contribution is 9.10. The van der Waals surface area contributed by atoms with Crippen molar-refractivity contribution >= 4 is 21.9 Å². The summed E-state index contributed by atoms with van der Waals surface area (Å²) in [7, 11) is 0. The van der Waals surface area contributed by atoms with E-state index in [0.29, 0.717) is 5.92 Å². The molecule has 0 aliphatic heterocycles. The number of aliphatic carboxylic acids is 1. The van der Waals surface area contributed by atoms with Gasteiger partial charge in [0.15, 0.2) is 0 Å². The molecular weight excluding hydrogens is 292 g/mol. The molecule has 0 amide bonds. The van der Waals surface area contributed by atoms with Gasteiger partial charge in [-0.1, -0.05) is 41.4 Å². The Morgan fingerprint density at radius 2 is 2.11 bits per heavy atom. The van der Waals surface area contributed by atoms with Crippen molar-refractivity contribution in [2.45, 2.75) is 44.9 Å². The highest BCUT2D eigenvalue weighted by Crippen LogP contribution is 2.49. The first-order valence-electron chi connectivity index (χ1n) is 6.56. The average Bonchev–Trinajstić information content (AvgIpc) is 2.76. The number of rotatable bonds is 4. The Labute approximate surface area is 117 Å². The van der Waals surface area contributed by atoms with Crippen molar-refractivity contribution in [1.29, 1.82) is 0 Å². The third-order valence-corrected chi connectivity index (χ3v) is 4.66. The monoisotopic (exact) mass is 310 g/mol. The third-order valence-electron chi connectivity index (χ3n) is 4.13. The SMILES string of the molecule is CCCC1(C(=O)O)CCC(c2ccc(Br)cc2)C1. The fourth-order valence-corrected chi connectivity index (χ4v) is 3.42. The van der Waals surface area contributed by atoms with E-state index < -0.39 is 11.4 Å². The van der Waals surface area contributed by atoms with Crippen molar-refractivity contribution in [1.82, 2.24) is 0 Å². The number of hydrogen-bond acceptors (Lipinski definition) is 1. The van der Waals surface area contributed by atoms with E-state index in [2.05, 4.69) is 35.0 Å². The highest BCUT2D eigenvalue weighted by atomic mass is 79.9. The van der Waals surface area contributed by atoms with Gasteiger partial charge in [-0.2, -0.15) is 0 Å². The quantitative estimate of drug-likeness (QED) is 0.883. The van der Waals surface area contributed by atoms with Crippen LogP contribution in [0, 0.1) is 5.41 Å². The van der Waals surface area contributed by atoms with Crippen LogP contribution < -0.4 is 0 Å². The van der Waals surface area contributed by atoms with Crippen LogP contribution in [0.15, 0.2) is 28.7 Å². The molecule has 2 nitrogen and oxygen atoms in total. The summed E-state index contributed by atoms with van der Waals surface area (Å²) in [6, 6.07) is 8.29. The van der Waals surface area contributed by atoms with Crippen LogP contribution >= 0.6 is 15.9 Å². The van der Waals surface area contributed by atoms with Gasteiger partial charge < -0.3 is 5.11 Å². The summed E-state index contributed by atoms with van der Waals surface area (Å²) in [6.45, 7) is 2.07. The third kappa shape index (κ3) is 2.61. The summed E-state index contributed by atoms with van der Waals surface area (Å²) in [5.74, 6) is -0.204. The lowest BCUT2D eigenvalue weighted by atomic mass is 9.80. The van der Waals surface area contributed by atoms with E-state index in [1.165, 1.54) is 5.56 Å². The molecule has 0 spiro atoms. The van der Waals surface area contributed by atoms with E-state index in [1.807, 2.05) is 12.1 Å². The van der Waals surface area contributed by atoms with Crippen LogP contribution in [0.2, 0.25) is 0 Å². The molecule has 1 aliphatic rings. The zero-order valence-electron chi connectivity index (χ0n) is 10.7. The van der Waals surface area contributed by atoms with E-state index in [4.69, 9.17) is 0 Å². The van der Waals surface area contributed by atoms with Gasteiger partial charge in [0.05, 0.1) is 5.41 Å². The maximum atomic E-state index is 11.5. The molecule has 2 unspecified atom stereocenters. The summed E-state index contributed by atoms with van der Waals surface area (Å²) in [5.41, 5.74) is 0.796. The van der Waals surface area contributed by atoms with Crippen LogP contribution in [0.1, 0.15) is 50.5 Å². The van der Waals surface area contributed by atoms with E-state index >= 15 is 0 Å². The number of benzene rings is 1. The molecule has 1 aliphatic carbocycles. The van der Waals surface area contributed by atoms with Crippen molar-refractivity contribution in [2.24, 2.45) is 5.41 Å². The second kappa shape index (κ2) is 5.43. The second-order valence-electron chi connectivity index (χ2n) is 5.33. The van der Waals surface area contributed by atoms with Crippen LogP contribution in [-0.4, -0.2) is 11.1 Å². The minimum atomic E-state index is -0.607. The Morgan fingerprint density at radius 3 is 2.67 bits per heavy atom. The number of hydrogen-bond donors (Lipinski definition) is 1. The molecule has 2 atom stereocenters. The number of carboxylic acids is 1. The van der Waals surface area contributed by atoms with Crippen molar-refractivity contribution in [3.8, 4) is 0 Å². The number of carbonyl (C=O) groups is 1. The van der Waals surface area contributed by atoms with Crippen molar-refractivity contribution < 1.29 is 9.90 Å². The summed E-state index contributed by atoms with van der Waals surface area (Å²) in [6.07, 6.45) is 4.34. The molecule has 0 bridgehead atoms. The molecule has 2 rings (SSSR count). The minimum Gasteiger partial charge on any atom is -0.481 e. The fraction of sp³-hybridized carbons (Fsp3) is 0.533. The standard InChI is InChI=1S/C15H19BrO2/c1-2-8-15(14(17)18)9-7-12(10-15)11-3-5-13(16)6-4-11/h3-6,12H,2,7-10H2,1H3,(H,17,18). The minimum absolute atomic E-state index is 0.403. The molecule has 18 heavy (non-hydrogen) atoms. The molecular formula is C15H19BrO2. The number of carboxylic acid groups (broad SMARTS) is 1. The largest absolute Gasteiger partial charge is 0.481 e. The van der Waals surface area contributed by atoms with Crippen molar-refractivity contribution in [3.05, 3.63) is 34.3 Å². The maximum Gasteiger partial charge on any atom is 0.309 e. The Kier molecular flexibility index (Phi) is 4.10. The first kappa shape index (κ1) is 13.6. The summed E-state index contributed by atoms with van der Waals surface area (Å²) in [4.78, 5) is 11.5. The van der Waals surface area contributed by atoms with Crippen LogP contribution in [0.25, 0.3) is 0 Å². The van der Waals surface area contributed by atoms with Gasteiger partial charge >= 0.3 is 5.97 Å². The number of halogens is 1. The average molecular weight is 311 g/mol. The van der Waals surface area contributed by atoms with Gasteiger partial charge in [-0.25, -0.2) is 0 Å². The van der Waals surface area contributed by atoms with E-state index in [1.54, 1.807) is 0 Å². The van der Waals surface area contributed by atoms with Crippen molar-refractivity contribution in [2.75, 3.05) is 0 Å². The predicted molar refractivity (Wildman–Crippen MR) is 75.7 cm³/mol. The van der Waals surface area contributed by atoms with Crippen LogP contribution in [-0.2, 0) is 4.79 Å². The molecule has 0 heterocycles. The lowest BCUT2D eigenvalue weighted by molar-refractivity contribution is -0.149. The zero-order chi connectivity index (χ0) is 13.2.